The number of hydrogen-bond donors (Lipinski definition) is 2. The lowest BCUT2D eigenvalue weighted by molar-refractivity contribution is -0.135. The number of nitrogens with two attached hydrogens (primary N) is 1. The summed E-state index contributed by atoms with van der Waals surface area (Å²) in [5.74, 6) is 0.0499. The molecule has 1 aliphatic carbocycles. The van der Waals surface area contributed by atoms with E-state index in [-0.39, 0.29) is 11.8 Å². The lowest BCUT2D eigenvalue weighted by atomic mass is 10.0. The first-order valence-electron chi connectivity index (χ1n) is 10.9. The highest BCUT2D eigenvalue weighted by Gasteiger charge is 2.48. The van der Waals surface area contributed by atoms with E-state index in [0.717, 1.165) is 24.0 Å². The van der Waals surface area contributed by atoms with Crippen LogP contribution in [0.2, 0.25) is 0 Å². The van der Waals surface area contributed by atoms with Gasteiger partial charge < -0.3 is 20.5 Å². The maximum absolute atomic E-state index is 12.9. The minimum atomic E-state index is -0.636. The molecule has 0 bridgehead atoms. The van der Waals surface area contributed by atoms with E-state index in [9.17, 15) is 9.59 Å². The van der Waals surface area contributed by atoms with Crippen LogP contribution < -0.4 is 5.73 Å². The smallest absolute Gasteiger partial charge is 0.253 e. The molecule has 1 aromatic heterocycles. The Morgan fingerprint density at radius 2 is 1.42 bits per heavy atom. The van der Waals surface area contributed by atoms with Gasteiger partial charge in [0.2, 0.25) is 5.91 Å². The highest BCUT2D eigenvalue weighted by atomic mass is 16.2. The van der Waals surface area contributed by atoms with Gasteiger partial charge in [-0.2, -0.15) is 0 Å². The Morgan fingerprint density at radius 3 is 2.06 bits per heavy atom. The molecule has 2 aromatic carbocycles. The normalized spacial score (nSPS) is 17.8. The average molecular weight is 417 g/mol. The van der Waals surface area contributed by atoms with Crippen LogP contribution in [0.1, 0.15) is 34.6 Å². The van der Waals surface area contributed by atoms with Gasteiger partial charge in [0.25, 0.3) is 5.91 Å². The predicted octanol–water partition coefficient (Wildman–Crippen LogP) is 3.23. The lowest BCUT2D eigenvalue weighted by Gasteiger charge is -2.36. The van der Waals surface area contributed by atoms with Gasteiger partial charge >= 0.3 is 0 Å². The quantitative estimate of drug-likeness (QED) is 0.688. The molecule has 0 atom stereocenters. The van der Waals surface area contributed by atoms with E-state index in [4.69, 9.17) is 5.73 Å². The summed E-state index contributed by atoms with van der Waals surface area (Å²) in [5, 5.41) is 2.47. The van der Waals surface area contributed by atoms with Gasteiger partial charge in [0.15, 0.2) is 0 Å². The summed E-state index contributed by atoms with van der Waals surface area (Å²) in [6.45, 7) is 6.38. The number of fused-ring (bicyclic) bond motifs is 1. The summed E-state index contributed by atoms with van der Waals surface area (Å²) >= 11 is 0. The Balaban J connectivity index is 1.27. The molecular weight excluding hydrogens is 388 g/mol. The van der Waals surface area contributed by atoms with Gasteiger partial charge in [-0.05, 0) is 56.0 Å². The number of hydrogen-bond acceptors (Lipinski definition) is 3. The third-order valence-corrected chi connectivity index (χ3v) is 6.74. The first-order chi connectivity index (χ1) is 14.9. The number of aromatic amines is 1. The number of rotatable bonds is 3. The van der Waals surface area contributed by atoms with Gasteiger partial charge in [0.05, 0.1) is 5.54 Å². The van der Waals surface area contributed by atoms with Gasteiger partial charge in [-0.3, -0.25) is 9.59 Å². The molecule has 160 valence electrons. The monoisotopic (exact) mass is 416 g/mol. The van der Waals surface area contributed by atoms with Crippen molar-refractivity contribution in [3.63, 3.8) is 0 Å². The van der Waals surface area contributed by atoms with E-state index in [1.807, 2.05) is 29.2 Å². The molecule has 2 fully saturated rings. The second kappa shape index (κ2) is 7.24. The Kier molecular flexibility index (Phi) is 4.63. The van der Waals surface area contributed by atoms with Crippen LogP contribution in [-0.2, 0) is 4.79 Å². The molecule has 1 aliphatic heterocycles. The van der Waals surface area contributed by atoms with E-state index in [1.165, 1.54) is 22.2 Å². The summed E-state index contributed by atoms with van der Waals surface area (Å²) in [4.78, 5) is 32.4. The number of benzene rings is 2. The number of nitrogens with one attached hydrogen (secondary N) is 1. The van der Waals surface area contributed by atoms with Crippen LogP contribution in [0.3, 0.4) is 0 Å². The minimum Gasteiger partial charge on any atom is -0.362 e. The second-order valence-electron chi connectivity index (χ2n) is 8.95. The van der Waals surface area contributed by atoms with E-state index >= 15 is 0 Å². The van der Waals surface area contributed by atoms with E-state index in [1.54, 1.807) is 4.90 Å². The van der Waals surface area contributed by atoms with Crippen LogP contribution in [0.5, 0.6) is 0 Å². The molecule has 6 nitrogen and oxygen atoms in total. The highest BCUT2D eigenvalue weighted by Crippen LogP contribution is 2.34. The molecule has 2 amide bonds. The maximum Gasteiger partial charge on any atom is 0.253 e. The second-order valence-corrected chi connectivity index (χ2v) is 8.95. The minimum absolute atomic E-state index is 0.0140. The fraction of sp³-hybridized carbons (Fsp3) is 0.360. The number of nitrogens with zero attached hydrogens (tertiary/aromatic N) is 2. The van der Waals surface area contributed by atoms with Crippen molar-refractivity contribution in [1.82, 2.24) is 14.8 Å². The fourth-order valence-corrected chi connectivity index (χ4v) is 4.54. The zero-order valence-corrected chi connectivity index (χ0v) is 18.1. The zero-order chi connectivity index (χ0) is 21.8. The SMILES string of the molecule is Cc1[nH]c(C)c2cc(-c3ccc(C(=O)N4CCN(C(=O)C5(N)CC5)CC4)cc3)ccc12. The first-order valence-corrected chi connectivity index (χ1v) is 10.9. The van der Waals surface area contributed by atoms with Crippen LogP contribution in [0.4, 0.5) is 0 Å². The molecule has 0 spiro atoms. The Hall–Kier alpha value is -3.12. The van der Waals surface area contributed by atoms with Crippen LogP contribution in [0.25, 0.3) is 21.9 Å². The molecule has 3 aromatic rings. The van der Waals surface area contributed by atoms with Crippen molar-refractivity contribution >= 4 is 22.6 Å². The van der Waals surface area contributed by atoms with Crippen LogP contribution in [-0.4, -0.2) is 58.3 Å². The van der Waals surface area contributed by atoms with Crippen molar-refractivity contribution in [3.8, 4) is 11.1 Å². The molecule has 31 heavy (non-hydrogen) atoms. The number of carbonyl (C=O) groups is 2. The van der Waals surface area contributed by atoms with Gasteiger partial charge in [0, 0.05) is 53.9 Å². The summed E-state index contributed by atoms with van der Waals surface area (Å²) < 4.78 is 0. The van der Waals surface area contributed by atoms with Gasteiger partial charge in [0.1, 0.15) is 0 Å². The summed E-state index contributed by atoms with van der Waals surface area (Å²) in [7, 11) is 0. The van der Waals surface area contributed by atoms with Crippen molar-refractivity contribution in [2.24, 2.45) is 5.73 Å². The molecule has 6 heteroatoms. The van der Waals surface area contributed by atoms with Crippen LogP contribution in [0.15, 0.2) is 42.5 Å². The number of aryl methyl sites for hydroxylation is 2. The summed E-state index contributed by atoms with van der Waals surface area (Å²) in [5.41, 5.74) is 10.6. The molecule has 2 heterocycles. The summed E-state index contributed by atoms with van der Waals surface area (Å²) in [6, 6.07) is 14.3. The predicted molar refractivity (Wildman–Crippen MR) is 122 cm³/mol. The molecule has 0 unspecified atom stereocenters. The van der Waals surface area contributed by atoms with E-state index in [0.29, 0.717) is 31.7 Å². The number of amides is 2. The van der Waals surface area contributed by atoms with Gasteiger partial charge in [-0.1, -0.05) is 24.3 Å². The standard InChI is InChI=1S/C25H28N4O2/c1-16-21-8-7-20(15-22(21)17(2)27-16)18-3-5-19(6-4-18)23(30)28-11-13-29(14-12-28)24(31)25(26)9-10-25/h3-8,15,27H,9-14,26H2,1-2H3. The van der Waals surface area contributed by atoms with Gasteiger partial charge in [-0.25, -0.2) is 0 Å². The largest absolute Gasteiger partial charge is 0.362 e. The number of piperazine rings is 1. The highest BCUT2D eigenvalue weighted by molar-refractivity contribution is 5.96. The average Bonchev–Trinajstić information content (AvgIpc) is 3.49. The van der Waals surface area contributed by atoms with Crippen LogP contribution >= 0.6 is 0 Å². The molecular formula is C25H28N4O2. The Morgan fingerprint density at radius 1 is 0.839 bits per heavy atom. The first kappa shape index (κ1) is 19.8. The zero-order valence-electron chi connectivity index (χ0n) is 18.1. The molecule has 0 radical (unpaired) electrons. The molecule has 2 aliphatic rings. The third kappa shape index (κ3) is 3.51. The molecule has 3 N–H and O–H groups in total. The topological polar surface area (TPSA) is 82.4 Å². The van der Waals surface area contributed by atoms with Crippen molar-refractivity contribution in [3.05, 3.63) is 59.4 Å². The number of H-pyrrole nitrogens is 1. The van der Waals surface area contributed by atoms with Crippen molar-refractivity contribution in [1.29, 1.82) is 0 Å². The Bertz CT molecular complexity index is 1170. The van der Waals surface area contributed by atoms with Crippen molar-refractivity contribution in [2.75, 3.05) is 26.2 Å². The van der Waals surface area contributed by atoms with Crippen molar-refractivity contribution < 1.29 is 9.59 Å². The lowest BCUT2D eigenvalue weighted by Crippen LogP contribution is -2.55. The third-order valence-electron chi connectivity index (χ3n) is 6.74. The maximum atomic E-state index is 12.9. The molecule has 1 saturated heterocycles. The number of aromatic nitrogens is 1. The summed E-state index contributed by atoms with van der Waals surface area (Å²) in [6.07, 6.45) is 1.54. The fourth-order valence-electron chi connectivity index (χ4n) is 4.54. The number of carbonyl (C=O) groups excluding carboxylic acids is 2. The molecule has 5 rings (SSSR count). The van der Waals surface area contributed by atoms with E-state index < -0.39 is 5.54 Å². The van der Waals surface area contributed by atoms with Crippen LogP contribution in [0, 0.1) is 13.8 Å². The van der Waals surface area contributed by atoms with Crippen molar-refractivity contribution in [2.45, 2.75) is 32.2 Å². The Labute approximate surface area is 182 Å². The molecule has 1 saturated carbocycles. The van der Waals surface area contributed by atoms with Gasteiger partial charge in [-0.15, -0.1) is 0 Å². The van der Waals surface area contributed by atoms with E-state index in [2.05, 4.69) is 37.0 Å².